The van der Waals surface area contributed by atoms with Crippen molar-refractivity contribution in [3.8, 4) is 0 Å². The van der Waals surface area contributed by atoms with E-state index < -0.39 is 27.4 Å². The normalized spacial score (nSPS) is 12.8. The maximum atomic E-state index is 13.2. The summed E-state index contributed by atoms with van der Waals surface area (Å²) in [6.45, 7) is 3.07. The van der Waals surface area contributed by atoms with Crippen LogP contribution in [0.5, 0.6) is 0 Å². The van der Waals surface area contributed by atoms with Gasteiger partial charge in [0.15, 0.2) is 17.3 Å². The first kappa shape index (κ1) is 20.5. The van der Waals surface area contributed by atoms with E-state index in [0.29, 0.717) is 0 Å². The lowest BCUT2D eigenvalue weighted by Gasteiger charge is -2.23. The minimum Gasteiger partial charge on any atom is -0.398 e. The van der Waals surface area contributed by atoms with Crippen LogP contribution in [0.1, 0.15) is 54.7 Å². The molecule has 0 bridgehead atoms. The number of Topliss-reactive ketones (excluding diaryl/α,β-unsaturated/α-hetero) is 1. The third-order valence-electron chi connectivity index (χ3n) is 5.19. The lowest BCUT2D eigenvalue weighted by Crippen LogP contribution is -2.26. The topological polar surface area (TPSA) is 123 Å². The van der Waals surface area contributed by atoms with E-state index in [1.165, 1.54) is 37.3 Å². The summed E-state index contributed by atoms with van der Waals surface area (Å²) in [5.41, 5.74) is 6.59. The molecule has 3 aromatic rings. The van der Waals surface area contributed by atoms with Crippen molar-refractivity contribution in [3.63, 3.8) is 0 Å². The van der Waals surface area contributed by atoms with Gasteiger partial charge in [-0.25, -0.2) is 8.42 Å². The standard InChI is InChI=1S/C23H18N2O5S/c1-12-7-9-14(10-8-12)31(29,30)25-18-11-17(13(2)26)21(24)20-19(18)22(27)15-5-3-4-6-16(15)23(20)28/h3-11,25H,24H2,1-2H3. The molecule has 1 aliphatic carbocycles. The summed E-state index contributed by atoms with van der Waals surface area (Å²) >= 11 is 0. The molecule has 0 amide bonds. The first-order chi connectivity index (χ1) is 14.6. The van der Waals surface area contributed by atoms with Gasteiger partial charge in [-0.1, -0.05) is 42.0 Å². The van der Waals surface area contributed by atoms with E-state index in [9.17, 15) is 22.8 Å². The van der Waals surface area contributed by atoms with E-state index in [1.54, 1.807) is 24.3 Å². The zero-order valence-electron chi connectivity index (χ0n) is 16.7. The maximum Gasteiger partial charge on any atom is 0.261 e. The van der Waals surface area contributed by atoms with Gasteiger partial charge >= 0.3 is 0 Å². The van der Waals surface area contributed by atoms with Crippen molar-refractivity contribution < 1.29 is 22.8 Å². The number of nitrogen functional groups attached to an aromatic ring is 1. The number of carbonyl (C=O) groups is 3. The molecule has 3 aromatic carbocycles. The predicted molar refractivity (Wildman–Crippen MR) is 116 cm³/mol. The van der Waals surface area contributed by atoms with Gasteiger partial charge in [-0.2, -0.15) is 0 Å². The molecule has 3 N–H and O–H groups in total. The highest BCUT2D eigenvalue weighted by Crippen LogP contribution is 2.38. The van der Waals surface area contributed by atoms with E-state index in [-0.39, 0.29) is 44.1 Å². The van der Waals surface area contributed by atoms with Crippen molar-refractivity contribution in [1.29, 1.82) is 0 Å². The number of fused-ring (bicyclic) bond motifs is 2. The van der Waals surface area contributed by atoms with Crippen molar-refractivity contribution in [2.45, 2.75) is 18.7 Å². The van der Waals surface area contributed by atoms with E-state index in [2.05, 4.69) is 4.72 Å². The number of benzene rings is 3. The van der Waals surface area contributed by atoms with Gasteiger partial charge in [0.1, 0.15) is 0 Å². The van der Waals surface area contributed by atoms with Crippen LogP contribution < -0.4 is 10.5 Å². The number of aryl methyl sites for hydroxylation is 1. The second-order valence-electron chi connectivity index (χ2n) is 7.31. The zero-order valence-corrected chi connectivity index (χ0v) is 17.5. The molecule has 1 aliphatic rings. The number of hydrogen-bond acceptors (Lipinski definition) is 6. The van der Waals surface area contributed by atoms with Crippen LogP contribution in [0.2, 0.25) is 0 Å². The van der Waals surface area contributed by atoms with Gasteiger partial charge in [0.25, 0.3) is 10.0 Å². The highest BCUT2D eigenvalue weighted by atomic mass is 32.2. The van der Waals surface area contributed by atoms with Crippen molar-refractivity contribution in [2.75, 3.05) is 10.5 Å². The lowest BCUT2D eigenvalue weighted by atomic mass is 9.81. The number of carbonyl (C=O) groups excluding carboxylic acids is 3. The number of nitrogens with two attached hydrogens (primary N) is 1. The van der Waals surface area contributed by atoms with E-state index in [0.717, 1.165) is 5.56 Å². The van der Waals surface area contributed by atoms with E-state index >= 15 is 0 Å². The average molecular weight is 434 g/mol. The second-order valence-corrected chi connectivity index (χ2v) is 9.00. The Labute approximate surface area is 178 Å². The maximum absolute atomic E-state index is 13.2. The van der Waals surface area contributed by atoms with E-state index in [1.807, 2.05) is 6.92 Å². The molecule has 0 saturated carbocycles. The molecule has 7 nitrogen and oxygen atoms in total. The quantitative estimate of drug-likeness (QED) is 0.375. The molecule has 0 aliphatic heterocycles. The molecule has 4 rings (SSSR count). The minimum absolute atomic E-state index is 0.0250. The molecule has 0 unspecified atom stereocenters. The first-order valence-electron chi connectivity index (χ1n) is 9.37. The fourth-order valence-corrected chi connectivity index (χ4v) is 4.67. The fraction of sp³-hybridized carbons (Fsp3) is 0.0870. The van der Waals surface area contributed by atoms with Crippen LogP contribution in [0.3, 0.4) is 0 Å². The summed E-state index contributed by atoms with van der Waals surface area (Å²) in [5, 5.41) is 0. The molecule has 0 radical (unpaired) electrons. The number of nitrogens with one attached hydrogen (secondary N) is 1. The minimum atomic E-state index is -4.10. The SMILES string of the molecule is CC(=O)c1cc(NS(=O)(=O)c2ccc(C)cc2)c2c(c1N)C(=O)c1ccccc1C2=O. The molecule has 31 heavy (non-hydrogen) atoms. The monoisotopic (exact) mass is 434 g/mol. The molecular weight excluding hydrogens is 416 g/mol. The second kappa shape index (κ2) is 7.17. The van der Waals surface area contributed by atoms with Gasteiger partial charge < -0.3 is 5.73 Å². The van der Waals surface area contributed by atoms with Crippen molar-refractivity contribution in [1.82, 2.24) is 0 Å². The number of ketones is 3. The molecule has 0 heterocycles. The Morgan fingerprint density at radius 3 is 2.00 bits per heavy atom. The van der Waals surface area contributed by atoms with Gasteiger partial charge in [-0.05, 0) is 32.0 Å². The smallest absolute Gasteiger partial charge is 0.261 e. The van der Waals surface area contributed by atoms with Crippen LogP contribution in [0.25, 0.3) is 0 Å². The average Bonchev–Trinajstić information content (AvgIpc) is 2.73. The molecule has 0 atom stereocenters. The third kappa shape index (κ3) is 3.30. The summed E-state index contributed by atoms with van der Waals surface area (Å²) in [5.74, 6) is -1.55. The highest BCUT2D eigenvalue weighted by Gasteiger charge is 2.36. The predicted octanol–water partition coefficient (Wildman–Crippen LogP) is 3.36. The third-order valence-corrected chi connectivity index (χ3v) is 6.57. The van der Waals surface area contributed by atoms with Crippen LogP contribution in [-0.4, -0.2) is 25.8 Å². The molecule has 0 spiro atoms. The number of hydrogen-bond donors (Lipinski definition) is 2. The van der Waals surface area contributed by atoms with E-state index in [4.69, 9.17) is 5.73 Å². The zero-order chi connectivity index (χ0) is 22.5. The Morgan fingerprint density at radius 2 is 1.45 bits per heavy atom. The van der Waals surface area contributed by atoms with Gasteiger partial charge in [-0.3, -0.25) is 19.1 Å². The van der Waals surface area contributed by atoms with Gasteiger partial charge in [0.2, 0.25) is 0 Å². The summed E-state index contributed by atoms with van der Waals surface area (Å²) < 4.78 is 28.3. The molecule has 0 fully saturated rings. The molecule has 0 saturated heterocycles. The Hall–Kier alpha value is -3.78. The Bertz CT molecular complexity index is 1390. The largest absolute Gasteiger partial charge is 0.398 e. The number of rotatable bonds is 4. The van der Waals surface area contributed by atoms with Crippen molar-refractivity contribution >= 4 is 38.7 Å². The molecule has 0 aromatic heterocycles. The van der Waals surface area contributed by atoms with Crippen molar-refractivity contribution in [2.24, 2.45) is 0 Å². The van der Waals surface area contributed by atoms with Gasteiger partial charge in [0.05, 0.1) is 27.4 Å². The Morgan fingerprint density at radius 1 is 0.903 bits per heavy atom. The van der Waals surface area contributed by atoms with Gasteiger partial charge in [-0.15, -0.1) is 0 Å². The first-order valence-corrected chi connectivity index (χ1v) is 10.9. The summed E-state index contributed by atoms with van der Waals surface area (Å²) in [6.07, 6.45) is 0. The Kier molecular flexibility index (Phi) is 4.74. The van der Waals surface area contributed by atoms with Crippen LogP contribution in [0, 0.1) is 6.92 Å². The highest BCUT2D eigenvalue weighted by molar-refractivity contribution is 7.92. The number of sulfonamides is 1. The van der Waals surface area contributed by atoms with Crippen LogP contribution >= 0.6 is 0 Å². The summed E-state index contributed by atoms with van der Waals surface area (Å²) in [6, 6.07) is 13.5. The van der Waals surface area contributed by atoms with Crippen LogP contribution in [0.15, 0.2) is 59.5 Å². The van der Waals surface area contributed by atoms with Crippen molar-refractivity contribution in [3.05, 3.63) is 88.0 Å². The van der Waals surface area contributed by atoms with Crippen LogP contribution in [-0.2, 0) is 10.0 Å². The lowest BCUT2D eigenvalue weighted by molar-refractivity contribution is 0.0979. The fourth-order valence-electron chi connectivity index (χ4n) is 3.61. The molecular formula is C23H18N2O5S. The Balaban J connectivity index is 1.96. The number of anilines is 2. The van der Waals surface area contributed by atoms with Gasteiger partial charge in [0, 0.05) is 16.7 Å². The molecule has 156 valence electrons. The summed E-state index contributed by atoms with van der Waals surface area (Å²) in [4.78, 5) is 38.5. The van der Waals surface area contributed by atoms with Crippen LogP contribution in [0.4, 0.5) is 11.4 Å². The molecule has 8 heteroatoms. The summed E-state index contributed by atoms with van der Waals surface area (Å²) in [7, 11) is -4.10.